The Morgan fingerprint density at radius 2 is 2.27 bits per heavy atom. The molecule has 2 rings (SSSR count). The SMILES string of the molecule is CC(N)c1nnnn1-c1cccc(Cl)c1. The van der Waals surface area contributed by atoms with Gasteiger partial charge in [-0.15, -0.1) is 5.10 Å². The molecule has 1 atom stereocenters. The van der Waals surface area contributed by atoms with Crippen molar-refractivity contribution in [3.05, 3.63) is 35.1 Å². The number of rotatable bonds is 2. The van der Waals surface area contributed by atoms with Gasteiger partial charge in [-0.05, 0) is 35.5 Å². The van der Waals surface area contributed by atoms with Gasteiger partial charge in [-0.3, -0.25) is 0 Å². The van der Waals surface area contributed by atoms with Crippen LogP contribution >= 0.6 is 11.6 Å². The molecule has 5 nitrogen and oxygen atoms in total. The van der Waals surface area contributed by atoms with Crippen LogP contribution in [0.5, 0.6) is 0 Å². The summed E-state index contributed by atoms with van der Waals surface area (Å²) in [6.45, 7) is 1.83. The molecule has 15 heavy (non-hydrogen) atoms. The summed E-state index contributed by atoms with van der Waals surface area (Å²) < 4.78 is 1.58. The number of hydrogen-bond donors (Lipinski definition) is 1. The highest BCUT2D eigenvalue weighted by Crippen LogP contribution is 2.16. The van der Waals surface area contributed by atoms with Crippen LogP contribution in [0.15, 0.2) is 24.3 Å². The van der Waals surface area contributed by atoms with Crippen LogP contribution < -0.4 is 5.73 Å². The first-order chi connectivity index (χ1) is 7.18. The minimum atomic E-state index is -0.223. The van der Waals surface area contributed by atoms with E-state index in [1.54, 1.807) is 16.8 Å². The van der Waals surface area contributed by atoms with E-state index < -0.39 is 0 Å². The largest absolute Gasteiger partial charge is 0.321 e. The van der Waals surface area contributed by atoms with E-state index in [1.165, 1.54) is 0 Å². The lowest BCUT2D eigenvalue weighted by atomic mass is 10.3. The van der Waals surface area contributed by atoms with E-state index in [9.17, 15) is 0 Å². The molecule has 1 unspecified atom stereocenters. The van der Waals surface area contributed by atoms with Crippen molar-refractivity contribution < 1.29 is 0 Å². The molecule has 1 heterocycles. The zero-order chi connectivity index (χ0) is 10.8. The quantitative estimate of drug-likeness (QED) is 0.834. The lowest BCUT2D eigenvalue weighted by molar-refractivity contribution is 0.688. The first kappa shape index (κ1) is 10.1. The van der Waals surface area contributed by atoms with Crippen molar-refractivity contribution in [3.8, 4) is 5.69 Å². The van der Waals surface area contributed by atoms with Crippen LogP contribution in [0, 0.1) is 0 Å². The van der Waals surface area contributed by atoms with Crippen molar-refractivity contribution in [1.29, 1.82) is 0 Å². The summed E-state index contributed by atoms with van der Waals surface area (Å²) >= 11 is 5.88. The van der Waals surface area contributed by atoms with Crippen molar-refractivity contribution in [2.75, 3.05) is 0 Å². The summed E-state index contributed by atoms with van der Waals surface area (Å²) in [5, 5.41) is 11.9. The maximum Gasteiger partial charge on any atom is 0.173 e. The van der Waals surface area contributed by atoms with Crippen LogP contribution in [0.4, 0.5) is 0 Å². The molecule has 0 aliphatic heterocycles. The molecule has 2 N–H and O–H groups in total. The van der Waals surface area contributed by atoms with Crippen LogP contribution in [0.1, 0.15) is 18.8 Å². The third kappa shape index (κ3) is 1.98. The zero-order valence-corrected chi connectivity index (χ0v) is 8.89. The normalized spacial score (nSPS) is 12.7. The van der Waals surface area contributed by atoms with Crippen LogP contribution in [-0.2, 0) is 0 Å². The number of benzene rings is 1. The van der Waals surface area contributed by atoms with Gasteiger partial charge in [0, 0.05) is 5.02 Å². The highest BCUT2D eigenvalue weighted by molar-refractivity contribution is 6.30. The molecule has 0 spiro atoms. The van der Waals surface area contributed by atoms with Crippen LogP contribution in [0.2, 0.25) is 5.02 Å². The highest BCUT2D eigenvalue weighted by Gasteiger charge is 2.11. The third-order valence-corrected chi connectivity index (χ3v) is 2.19. The van der Waals surface area contributed by atoms with E-state index in [0.717, 1.165) is 5.69 Å². The fourth-order valence-electron chi connectivity index (χ4n) is 1.27. The van der Waals surface area contributed by atoms with Crippen molar-refractivity contribution in [1.82, 2.24) is 20.2 Å². The molecule has 0 saturated carbocycles. The molecule has 78 valence electrons. The van der Waals surface area contributed by atoms with Crippen molar-refractivity contribution in [3.63, 3.8) is 0 Å². The molecular weight excluding hydrogens is 214 g/mol. The molecule has 2 aromatic rings. The molecular formula is C9H10ClN5. The Bertz CT molecular complexity index is 465. The second-order valence-corrected chi connectivity index (χ2v) is 3.65. The zero-order valence-electron chi connectivity index (χ0n) is 8.13. The van der Waals surface area contributed by atoms with Gasteiger partial charge >= 0.3 is 0 Å². The van der Waals surface area contributed by atoms with E-state index >= 15 is 0 Å². The molecule has 0 aliphatic carbocycles. The monoisotopic (exact) mass is 223 g/mol. The van der Waals surface area contributed by atoms with E-state index in [4.69, 9.17) is 17.3 Å². The Hall–Kier alpha value is -1.46. The van der Waals surface area contributed by atoms with Crippen LogP contribution in [0.3, 0.4) is 0 Å². The Morgan fingerprint density at radius 3 is 2.93 bits per heavy atom. The predicted octanol–water partition coefficient (Wildman–Crippen LogP) is 1.34. The van der Waals surface area contributed by atoms with Crippen LogP contribution in [-0.4, -0.2) is 20.2 Å². The van der Waals surface area contributed by atoms with Crippen molar-refractivity contribution in [2.45, 2.75) is 13.0 Å². The second-order valence-electron chi connectivity index (χ2n) is 3.22. The fourth-order valence-corrected chi connectivity index (χ4v) is 1.45. The van der Waals surface area contributed by atoms with Crippen molar-refractivity contribution in [2.24, 2.45) is 5.73 Å². The van der Waals surface area contributed by atoms with Gasteiger partial charge in [0.2, 0.25) is 0 Å². The summed E-state index contributed by atoms with van der Waals surface area (Å²) in [6.07, 6.45) is 0. The first-order valence-electron chi connectivity index (χ1n) is 4.48. The Labute approximate surface area is 91.8 Å². The lowest BCUT2D eigenvalue weighted by Crippen LogP contribution is -2.13. The minimum Gasteiger partial charge on any atom is -0.321 e. The average Bonchev–Trinajstić information content (AvgIpc) is 2.65. The fraction of sp³-hybridized carbons (Fsp3) is 0.222. The van der Waals surface area contributed by atoms with Crippen molar-refractivity contribution >= 4 is 11.6 Å². The number of tetrazole rings is 1. The average molecular weight is 224 g/mol. The Balaban J connectivity index is 2.49. The minimum absolute atomic E-state index is 0.223. The number of aromatic nitrogens is 4. The van der Waals surface area contributed by atoms with Crippen LogP contribution in [0.25, 0.3) is 5.69 Å². The molecule has 0 amide bonds. The maximum absolute atomic E-state index is 5.88. The molecule has 0 bridgehead atoms. The van der Waals surface area contributed by atoms with E-state index in [2.05, 4.69) is 15.5 Å². The maximum atomic E-state index is 5.88. The molecule has 1 aromatic heterocycles. The van der Waals surface area contributed by atoms with E-state index in [1.807, 2.05) is 19.1 Å². The molecule has 0 radical (unpaired) electrons. The number of halogens is 1. The van der Waals surface area contributed by atoms with Gasteiger partial charge in [-0.2, -0.15) is 4.68 Å². The van der Waals surface area contributed by atoms with Gasteiger partial charge in [0.15, 0.2) is 5.82 Å². The predicted molar refractivity (Wildman–Crippen MR) is 56.8 cm³/mol. The third-order valence-electron chi connectivity index (χ3n) is 1.95. The van der Waals surface area contributed by atoms with Gasteiger partial charge in [0.05, 0.1) is 11.7 Å². The van der Waals surface area contributed by atoms with Gasteiger partial charge in [-0.25, -0.2) is 0 Å². The lowest BCUT2D eigenvalue weighted by Gasteiger charge is -2.06. The number of nitrogens with zero attached hydrogens (tertiary/aromatic N) is 4. The number of nitrogens with two attached hydrogens (primary N) is 1. The van der Waals surface area contributed by atoms with E-state index in [-0.39, 0.29) is 6.04 Å². The summed E-state index contributed by atoms with van der Waals surface area (Å²) in [7, 11) is 0. The van der Waals surface area contributed by atoms with Gasteiger partial charge < -0.3 is 5.73 Å². The van der Waals surface area contributed by atoms with Gasteiger partial charge in [0.1, 0.15) is 0 Å². The second kappa shape index (κ2) is 3.96. The number of hydrogen-bond acceptors (Lipinski definition) is 4. The molecule has 0 saturated heterocycles. The molecule has 0 aliphatic rings. The summed E-state index contributed by atoms with van der Waals surface area (Å²) in [5.41, 5.74) is 6.54. The summed E-state index contributed by atoms with van der Waals surface area (Å²) in [6, 6.07) is 7.06. The molecule has 0 fully saturated rings. The summed E-state index contributed by atoms with van der Waals surface area (Å²) in [5.74, 6) is 0.609. The molecule has 6 heteroatoms. The molecule has 1 aromatic carbocycles. The smallest absolute Gasteiger partial charge is 0.173 e. The highest BCUT2D eigenvalue weighted by atomic mass is 35.5. The Kier molecular flexibility index (Phi) is 2.66. The standard InChI is InChI=1S/C9H10ClN5/c1-6(11)9-12-13-14-15(9)8-4-2-3-7(10)5-8/h2-6H,11H2,1H3. The topological polar surface area (TPSA) is 69.6 Å². The Morgan fingerprint density at radius 1 is 1.47 bits per heavy atom. The van der Waals surface area contributed by atoms with E-state index in [0.29, 0.717) is 10.8 Å². The van der Waals surface area contributed by atoms with Gasteiger partial charge in [0.25, 0.3) is 0 Å². The summed E-state index contributed by atoms with van der Waals surface area (Å²) in [4.78, 5) is 0. The van der Waals surface area contributed by atoms with Gasteiger partial charge in [-0.1, -0.05) is 17.7 Å². The first-order valence-corrected chi connectivity index (χ1v) is 4.86.